The Morgan fingerprint density at radius 1 is 1.24 bits per heavy atom. The van der Waals surface area contributed by atoms with Gasteiger partial charge < -0.3 is 20.4 Å². The zero-order chi connectivity index (χ0) is 15.8. The van der Waals surface area contributed by atoms with Crippen molar-refractivity contribution >= 4 is 17.7 Å². The van der Waals surface area contributed by atoms with Crippen LogP contribution in [0.4, 0.5) is 0 Å². The number of carbonyl (C=O) groups excluding carboxylic acids is 3. The number of nitrogens with one attached hydrogen (secondary N) is 3. The van der Waals surface area contributed by atoms with Crippen molar-refractivity contribution in [3.63, 3.8) is 0 Å². The van der Waals surface area contributed by atoms with Crippen molar-refractivity contribution in [1.29, 1.82) is 0 Å². The van der Waals surface area contributed by atoms with Gasteiger partial charge in [-0.3, -0.25) is 14.4 Å². The lowest BCUT2D eigenvalue weighted by atomic mass is 10.0. The van der Waals surface area contributed by atoms with Gasteiger partial charge in [0.05, 0.1) is 19.4 Å². The Balaban J connectivity index is 2.36. The van der Waals surface area contributed by atoms with Gasteiger partial charge in [0.2, 0.25) is 17.7 Å². The normalized spacial score (nSPS) is 11.8. The van der Waals surface area contributed by atoms with Crippen molar-refractivity contribution in [3.05, 3.63) is 24.2 Å². The molecule has 0 bridgehead atoms. The largest absolute Gasteiger partial charge is 0.467 e. The maximum absolute atomic E-state index is 11.9. The van der Waals surface area contributed by atoms with Crippen LogP contribution in [0.3, 0.4) is 0 Å². The van der Waals surface area contributed by atoms with E-state index in [1.54, 1.807) is 12.1 Å². The van der Waals surface area contributed by atoms with Gasteiger partial charge in [0.1, 0.15) is 11.8 Å². The molecular formula is C14H21N3O4. The Hall–Kier alpha value is -2.31. The minimum atomic E-state index is -0.652. The molecule has 7 nitrogen and oxygen atoms in total. The van der Waals surface area contributed by atoms with E-state index < -0.39 is 6.04 Å². The van der Waals surface area contributed by atoms with Crippen LogP contribution in [0.15, 0.2) is 22.8 Å². The van der Waals surface area contributed by atoms with Gasteiger partial charge in [0, 0.05) is 6.92 Å². The van der Waals surface area contributed by atoms with Crippen molar-refractivity contribution in [2.75, 3.05) is 6.54 Å². The van der Waals surface area contributed by atoms with Crippen LogP contribution in [0.1, 0.15) is 26.5 Å². The predicted octanol–water partition coefficient (Wildman–Crippen LogP) is 0.173. The molecule has 7 heteroatoms. The molecule has 1 heterocycles. The fourth-order valence-corrected chi connectivity index (χ4v) is 1.69. The zero-order valence-corrected chi connectivity index (χ0v) is 12.4. The van der Waals surface area contributed by atoms with E-state index in [9.17, 15) is 14.4 Å². The molecule has 0 radical (unpaired) electrons. The molecule has 0 aliphatic carbocycles. The highest BCUT2D eigenvalue weighted by Gasteiger charge is 2.23. The number of rotatable bonds is 7. The maximum Gasteiger partial charge on any atom is 0.243 e. The number of furan rings is 1. The average molecular weight is 295 g/mol. The van der Waals surface area contributed by atoms with E-state index in [-0.39, 0.29) is 36.7 Å². The highest BCUT2D eigenvalue weighted by Crippen LogP contribution is 2.01. The van der Waals surface area contributed by atoms with Crippen molar-refractivity contribution < 1.29 is 18.8 Å². The molecule has 3 amide bonds. The molecule has 0 aliphatic heterocycles. The Bertz CT molecular complexity index is 482. The molecule has 3 N–H and O–H groups in total. The van der Waals surface area contributed by atoms with E-state index in [0.29, 0.717) is 5.76 Å². The molecule has 0 saturated carbocycles. The van der Waals surface area contributed by atoms with Crippen LogP contribution in [-0.2, 0) is 20.9 Å². The third-order valence-corrected chi connectivity index (χ3v) is 2.77. The van der Waals surface area contributed by atoms with E-state index in [1.807, 2.05) is 13.8 Å². The summed E-state index contributed by atoms with van der Waals surface area (Å²) >= 11 is 0. The predicted molar refractivity (Wildman–Crippen MR) is 76.0 cm³/mol. The molecule has 1 rings (SSSR count). The lowest BCUT2D eigenvalue weighted by Crippen LogP contribution is -2.50. The highest BCUT2D eigenvalue weighted by molar-refractivity contribution is 5.90. The molecule has 1 aromatic heterocycles. The second-order valence-electron chi connectivity index (χ2n) is 5.00. The topological polar surface area (TPSA) is 100 Å². The Morgan fingerprint density at radius 3 is 2.48 bits per heavy atom. The van der Waals surface area contributed by atoms with Crippen molar-refractivity contribution in [3.8, 4) is 0 Å². The second kappa shape index (κ2) is 8.08. The Kier molecular flexibility index (Phi) is 6.45. The van der Waals surface area contributed by atoms with E-state index in [2.05, 4.69) is 16.0 Å². The van der Waals surface area contributed by atoms with Gasteiger partial charge in [-0.2, -0.15) is 0 Å². The van der Waals surface area contributed by atoms with Gasteiger partial charge in [-0.05, 0) is 18.1 Å². The van der Waals surface area contributed by atoms with E-state index in [0.717, 1.165) is 0 Å². The summed E-state index contributed by atoms with van der Waals surface area (Å²) in [5.74, 6) is -0.433. The first-order chi connectivity index (χ1) is 9.90. The molecule has 1 atom stereocenters. The molecule has 1 aromatic rings. The fraction of sp³-hybridized carbons (Fsp3) is 0.500. The van der Waals surface area contributed by atoms with E-state index in [1.165, 1.54) is 13.2 Å². The molecule has 0 spiro atoms. The number of amides is 3. The fourth-order valence-electron chi connectivity index (χ4n) is 1.69. The van der Waals surface area contributed by atoms with Gasteiger partial charge >= 0.3 is 0 Å². The average Bonchev–Trinajstić information content (AvgIpc) is 2.92. The van der Waals surface area contributed by atoms with Crippen LogP contribution < -0.4 is 16.0 Å². The summed E-state index contributed by atoms with van der Waals surface area (Å²) < 4.78 is 5.07. The number of hydrogen-bond donors (Lipinski definition) is 3. The quantitative estimate of drug-likeness (QED) is 0.667. The summed E-state index contributed by atoms with van der Waals surface area (Å²) in [7, 11) is 0. The van der Waals surface area contributed by atoms with Crippen molar-refractivity contribution in [1.82, 2.24) is 16.0 Å². The van der Waals surface area contributed by atoms with Crippen LogP contribution in [0.5, 0.6) is 0 Å². The van der Waals surface area contributed by atoms with Gasteiger partial charge in [0.15, 0.2) is 0 Å². The summed E-state index contributed by atoms with van der Waals surface area (Å²) in [5.41, 5.74) is 0. The molecule has 21 heavy (non-hydrogen) atoms. The molecule has 0 aliphatic rings. The van der Waals surface area contributed by atoms with Gasteiger partial charge in [-0.25, -0.2) is 0 Å². The molecule has 0 fully saturated rings. The van der Waals surface area contributed by atoms with Crippen molar-refractivity contribution in [2.45, 2.75) is 33.4 Å². The molecule has 1 unspecified atom stereocenters. The number of hydrogen-bond acceptors (Lipinski definition) is 4. The first kappa shape index (κ1) is 16.7. The Labute approximate surface area is 123 Å². The maximum atomic E-state index is 11.9. The third kappa shape index (κ3) is 6.11. The summed E-state index contributed by atoms with van der Waals surface area (Å²) in [6.07, 6.45) is 1.52. The van der Waals surface area contributed by atoms with Gasteiger partial charge in [0.25, 0.3) is 0 Å². The van der Waals surface area contributed by atoms with Crippen LogP contribution >= 0.6 is 0 Å². The lowest BCUT2D eigenvalue weighted by molar-refractivity contribution is -0.130. The summed E-state index contributed by atoms with van der Waals surface area (Å²) in [6.45, 7) is 5.09. The van der Waals surface area contributed by atoms with Crippen LogP contribution in [0.2, 0.25) is 0 Å². The van der Waals surface area contributed by atoms with Crippen LogP contribution in [0.25, 0.3) is 0 Å². The summed E-state index contributed by atoms with van der Waals surface area (Å²) in [6, 6.07) is 2.81. The number of carbonyl (C=O) groups is 3. The first-order valence-corrected chi connectivity index (χ1v) is 6.74. The van der Waals surface area contributed by atoms with Gasteiger partial charge in [-0.1, -0.05) is 13.8 Å². The first-order valence-electron chi connectivity index (χ1n) is 6.74. The molecule has 0 saturated heterocycles. The van der Waals surface area contributed by atoms with E-state index >= 15 is 0 Å². The molecule has 116 valence electrons. The standard InChI is InChI=1S/C14H21N3O4/c1-9(2)13(17-10(3)18)14(20)16-8-12(19)15-7-11-5-4-6-21-11/h4-6,9,13H,7-8H2,1-3H3,(H,15,19)(H,16,20)(H,17,18). The molecule has 0 aromatic carbocycles. The minimum Gasteiger partial charge on any atom is -0.467 e. The minimum absolute atomic E-state index is 0.0694. The van der Waals surface area contributed by atoms with Gasteiger partial charge in [-0.15, -0.1) is 0 Å². The smallest absolute Gasteiger partial charge is 0.243 e. The Morgan fingerprint density at radius 2 is 1.95 bits per heavy atom. The second-order valence-corrected chi connectivity index (χ2v) is 5.00. The van der Waals surface area contributed by atoms with Crippen molar-refractivity contribution in [2.24, 2.45) is 5.92 Å². The monoisotopic (exact) mass is 295 g/mol. The van der Waals surface area contributed by atoms with Crippen LogP contribution in [0, 0.1) is 5.92 Å². The molecular weight excluding hydrogens is 274 g/mol. The van der Waals surface area contributed by atoms with E-state index in [4.69, 9.17) is 4.42 Å². The highest BCUT2D eigenvalue weighted by atomic mass is 16.3. The summed E-state index contributed by atoms with van der Waals surface area (Å²) in [4.78, 5) is 34.6. The zero-order valence-electron chi connectivity index (χ0n) is 12.4. The van der Waals surface area contributed by atoms with Crippen LogP contribution in [-0.4, -0.2) is 30.3 Å². The third-order valence-electron chi connectivity index (χ3n) is 2.77. The SMILES string of the molecule is CC(=O)NC(C(=O)NCC(=O)NCc1ccco1)C(C)C. The summed E-state index contributed by atoms with van der Waals surface area (Å²) in [5, 5.41) is 7.68. The lowest BCUT2D eigenvalue weighted by Gasteiger charge is -2.20.